The summed E-state index contributed by atoms with van der Waals surface area (Å²) < 4.78 is 49.7. The van der Waals surface area contributed by atoms with Crippen molar-refractivity contribution in [3.05, 3.63) is 55.0 Å². The summed E-state index contributed by atoms with van der Waals surface area (Å²) in [6.07, 6.45) is 1.78. The van der Waals surface area contributed by atoms with Gasteiger partial charge < -0.3 is 15.0 Å². The van der Waals surface area contributed by atoms with E-state index in [0.29, 0.717) is 34.0 Å². The minimum Gasteiger partial charge on any atom is -0.476 e. The first-order valence-corrected chi connectivity index (χ1v) is 15.4. The Labute approximate surface area is 255 Å². The first-order valence-electron chi connectivity index (χ1n) is 14.6. The molecule has 2 aromatic heterocycles. The number of aliphatic imine (C=N–C) groups is 1. The fourth-order valence-electron chi connectivity index (χ4n) is 5.35. The molecule has 43 heavy (non-hydrogen) atoms. The number of hydrogen-bond acceptors (Lipinski definition) is 8. The SMILES string of the molecule is C=C/C1=N\C(=C)NCCCC2CN(c3nc(-n4ccc(OCC5(C(F)(F)F)CC5)n4)ccc3C(=O)NS1)C(C)(C)C2.CC. The number of fused-ring (bicyclic) bond motifs is 4. The Morgan fingerprint density at radius 3 is 2.65 bits per heavy atom. The van der Waals surface area contributed by atoms with Gasteiger partial charge in [0, 0.05) is 42.8 Å². The van der Waals surface area contributed by atoms with Crippen molar-refractivity contribution in [3.63, 3.8) is 0 Å². The summed E-state index contributed by atoms with van der Waals surface area (Å²) in [5.74, 6) is 1.56. The summed E-state index contributed by atoms with van der Waals surface area (Å²) in [7, 11) is 0. The monoisotopic (exact) mass is 619 g/mol. The Hall–Kier alpha value is -3.48. The molecule has 234 valence electrons. The van der Waals surface area contributed by atoms with E-state index in [-0.39, 0.29) is 30.2 Å². The van der Waals surface area contributed by atoms with E-state index in [4.69, 9.17) is 9.72 Å². The molecule has 0 radical (unpaired) electrons. The highest BCUT2D eigenvalue weighted by Gasteiger charge is 2.64. The summed E-state index contributed by atoms with van der Waals surface area (Å²) in [6.45, 7) is 17.0. The van der Waals surface area contributed by atoms with Gasteiger partial charge in [0.25, 0.3) is 5.91 Å². The standard InChI is InChI=1S/C28H34F3N7O2S.C2H6/c1-5-23-33-18(2)32-13-6-7-19-15-26(3,4)37(16-19)24-20(25(39)36-41-23)8-9-21(34-24)38-14-10-22(35-38)40-17-27(11-12-27)28(29,30)31;1-2/h5,8-10,14,19,32H,1-2,6-7,11-13,15-17H2,3-4H3,(H,36,39);1-2H3/b33-23+;. The van der Waals surface area contributed by atoms with Crippen LogP contribution >= 0.6 is 11.9 Å². The molecule has 2 fully saturated rings. The number of carbonyl (C=O) groups excluding carboxylic acids is 1. The largest absolute Gasteiger partial charge is 0.476 e. The average molecular weight is 620 g/mol. The molecule has 0 aromatic carbocycles. The normalized spacial score (nSPS) is 22.7. The highest BCUT2D eigenvalue weighted by atomic mass is 32.2. The maximum Gasteiger partial charge on any atom is 0.397 e. The van der Waals surface area contributed by atoms with Crippen LogP contribution in [0.15, 0.2) is 54.4 Å². The molecule has 2 aromatic rings. The van der Waals surface area contributed by atoms with Gasteiger partial charge in [-0.3, -0.25) is 9.52 Å². The fourth-order valence-corrected chi connectivity index (χ4v) is 5.89. The maximum absolute atomic E-state index is 13.4. The highest BCUT2D eigenvalue weighted by molar-refractivity contribution is 8.13. The highest BCUT2D eigenvalue weighted by Crippen LogP contribution is 2.57. The van der Waals surface area contributed by atoms with Crippen molar-refractivity contribution in [1.29, 1.82) is 0 Å². The lowest BCUT2D eigenvalue weighted by Gasteiger charge is -2.34. The molecule has 9 nitrogen and oxygen atoms in total. The minimum atomic E-state index is -4.30. The van der Waals surface area contributed by atoms with Gasteiger partial charge in [-0.25, -0.2) is 14.7 Å². The van der Waals surface area contributed by atoms with Crippen LogP contribution in [0.1, 0.15) is 70.2 Å². The van der Waals surface area contributed by atoms with Gasteiger partial charge in [0.2, 0.25) is 5.88 Å². The van der Waals surface area contributed by atoms with Crippen LogP contribution < -0.4 is 19.7 Å². The lowest BCUT2D eigenvalue weighted by Crippen LogP contribution is -2.40. The Balaban J connectivity index is 0.00000207. The van der Waals surface area contributed by atoms with Crippen molar-refractivity contribution in [2.45, 2.75) is 71.5 Å². The van der Waals surface area contributed by atoms with E-state index in [1.165, 1.54) is 10.7 Å². The molecule has 1 unspecified atom stereocenters. The fraction of sp³-hybridized carbons (Fsp3) is 0.533. The third kappa shape index (κ3) is 7.36. The topological polar surface area (TPSA) is 96.7 Å². The molecule has 2 aliphatic heterocycles. The van der Waals surface area contributed by atoms with Gasteiger partial charge in [-0.15, -0.1) is 5.10 Å². The second kappa shape index (κ2) is 13.0. The van der Waals surface area contributed by atoms with E-state index in [0.717, 1.165) is 44.3 Å². The van der Waals surface area contributed by atoms with Crippen molar-refractivity contribution in [2.75, 3.05) is 24.6 Å². The second-order valence-electron chi connectivity index (χ2n) is 11.4. The van der Waals surface area contributed by atoms with Gasteiger partial charge >= 0.3 is 6.18 Å². The van der Waals surface area contributed by atoms with Gasteiger partial charge in [-0.05, 0) is 70.1 Å². The Bertz CT molecular complexity index is 1370. The predicted octanol–water partition coefficient (Wildman–Crippen LogP) is 6.44. The van der Waals surface area contributed by atoms with Crippen molar-refractivity contribution >= 4 is 28.7 Å². The maximum atomic E-state index is 13.4. The molecule has 1 atom stereocenters. The summed E-state index contributed by atoms with van der Waals surface area (Å²) in [6, 6.07) is 4.85. The van der Waals surface area contributed by atoms with Crippen LogP contribution in [0.5, 0.6) is 5.88 Å². The lowest BCUT2D eigenvalue weighted by atomic mass is 9.93. The number of alkyl halides is 3. The Morgan fingerprint density at radius 1 is 1.23 bits per heavy atom. The Kier molecular flexibility index (Phi) is 9.83. The Morgan fingerprint density at radius 2 is 1.98 bits per heavy atom. The number of rotatable bonds is 5. The number of halogens is 3. The molecule has 1 saturated heterocycles. The molecule has 4 heterocycles. The number of hydrogen-bond donors (Lipinski definition) is 2. The third-order valence-electron chi connectivity index (χ3n) is 7.86. The molecular weight excluding hydrogens is 579 g/mol. The van der Waals surface area contributed by atoms with Crippen LogP contribution in [-0.2, 0) is 0 Å². The van der Waals surface area contributed by atoms with Crippen molar-refractivity contribution in [1.82, 2.24) is 24.8 Å². The smallest absolute Gasteiger partial charge is 0.397 e. The number of nitrogens with zero attached hydrogens (tertiary/aromatic N) is 5. The molecule has 2 N–H and O–H groups in total. The molecule has 3 aliphatic rings. The van der Waals surface area contributed by atoms with Crippen molar-refractivity contribution in [2.24, 2.45) is 16.3 Å². The van der Waals surface area contributed by atoms with Gasteiger partial charge in [-0.2, -0.15) is 13.2 Å². The molecule has 5 rings (SSSR count). The number of pyridine rings is 1. The lowest BCUT2D eigenvalue weighted by molar-refractivity contribution is -0.194. The van der Waals surface area contributed by atoms with E-state index in [1.54, 1.807) is 24.4 Å². The van der Waals surface area contributed by atoms with E-state index in [9.17, 15) is 18.0 Å². The van der Waals surface area contributed by atoms with Crippen LogP contribution in [0, 0.1) is 11.3 Å². The minimum absolute atomic E-state index is 0.0575. The molecule has 1 aliphatic carbocycles. The van der Waals surface area contributed by atoms with Crippen LogP contribution in [-0.4, -0.2) is 57.1 Å². The van der Waals surface area contributed by atoms with Gasteiger partial charge in [0.05, 0.1) is 5.56 Å². The first kappa shape index (κ1) is 32.4. The average Bonchev–Trinajstić information content (AvgIpc) is 3.53. The molecular formula is C30H40F3N7O2S. The van der Waals surface area contributed by atoms with Crippen LogP contribution in [0.2, 0.25) is 0 Å². The van der Waals surface area contributed by atoms with E-state index < -0.39 is 18.2 Å². The summed E-state index contributed by atoms with van der Waals surface area (Å²) in [4.78, 5) is 24.9. The number of carbonyl (C=O) groups is 1. The van der Waals surface area contributed by atoms with Gasteiger partial charge in [-0.1, -0.05) is 27.0 Å². The number of ether oxygens (including phenoxy) is 1. The number of nitrogens with one attached hydrogen (secondary N) is 2. The zero-order valence-electron chi connectivity index (χ0n) is 25.1. The third-order valence-corrected chi connectivity index (χ3v) is 8.61. The molecule has 1 amide bonds. The second-order valence-corrected chi connectivity index (χ2v) is 12.2. The number of anilines is 1. The van der Waals surface area contributed by atoms with Crippen LogP contribution in [0.3, 0.4) is 0 Å². The van der Waals surface area contributed by atoms with E-state index in [2.05, 4.69) is 52.0 Å². The van der Waals surface area contributed by atoms with E-state index >= 15 is 0 Å². The summed E-state index contributed by atoms with van der Waals surface area (Å²) in [5, 5.41) is 8.03. The quantitative estimate of drug-likeness (QED) is 0.372. The number of amides is 1. The predicted molar refractivity (Wildman–Crippen MR) is 165 cm³/mol. The molecule has 2 bridgehead atoms. The summed E-state index contributed by atoms with van der Waals surface area (Å²) in [5.41, 5.74) is -1.67. The molecule has 0 spiro atoms. The first-order chi connectivity index (χ1) is 20.4. The molecule has 1 saturated carbocycles. The van der Waals surface area contributed by atoms with Crippen molar-refractivity contribution < 1.29 is 22.7 Å². The number of aromatic nitrogens is 3. The van der Waals surface area contributed by atoms with E-state index in [1.807, 2.05) is 13.8 Å². The zero-order valence-corrected chi connectivity index (χ0v) is 25.9. The summed E-state index contributed by atoms with van der Waals surface area (Å²) >= 11 is 1.04. The van der Waals surface area contributed by atoms with Crippen LogP contribution in [0.25, 0.3) is 5.82 Å². The zero-order chi connectivity index (χ0) is 31.4. The van der Waals surface area contributed by atoms with Gasteiger partial charge in [0.1, 0.15) is 28.7 Å². The van der Waals surface area contributed by atoms with Gasteiger partial charge in [0.15, 0.2) is 5.82 Å². The van der Waals surface area contributed by atoms with Crippen LogP contribution in [0.4, 0.5) is 19.0 Å². The molecule has 13 heteroatoms. The van der Waals surface area contributed by atoms with Crippen molar-refractivity contribution in [3.8, 4) is 11.7 Å².